The molecule has 2 atom stereocenters. The van der Waals surface area contributed by atoms with Gasteiger partial charge in [-0.3, -0.25) is 14.5 Å². The number of anilines is 1. The summed E-state index contributed by atoms with van der Waals surface area (Å²) < 4.78 is 4.68. The quantitative estimate of drug-likeness (QED) is 0.102. The van der Waals surface area contributed by atoms with Crippen LogP contribution >= 0.6 is 35.2 Å². The molecule has 3 aliphatic heterocycles. The lowest BCUT2D eigenvalue weighted by molar-refractivity contribution is -0.155. The van der Waals surface area contributed by atoms with Gasteiger partial charge < -0.3 is 26.8 Å². The van der Waals surface area contributed by atoms with Gasteiger partial charge in [0.05, 0.1) is 10.3 Å². The normalized spacial score (nSPS) is 23.5. The van der Waals surface area contributed by atoms with Crippen LogP contribution in [0.4, 0.5) is 5.13 Å². The molecule has 31 heavy (non-hydrogen) atoms. The lowest BCUT2D eigenvalue weighted by Gasteiger charge is -2.50. The molecule has 1 aromatic rings. The van der Waals surface area contributed by atoms with E-state index in [-0.39, 0.29) is 16.7 Å². The second kappa shape index (κ2) is 8.37. The zero-order chi connectivity index (χ0) is 22.3. The van der Waals surface area contributed by atoms with Crippen molar-refractivity contribution in [2.75, 3.05) is 5.73 Å². The monoisotopic (exact) mass is 484 g/mol. The van der Waals surface area contributed by atoms with Gasteiger partial charge in [0, 0.05) is 22.1 Å². The van der Waals surface area contributed by atoms with Crippen molar-refractivity contribution in [3.8, 4) is 0 Å². The molecule has 0 bridgehead atoms. The predicted octanol–water partition coefficient (Wildman–Crippen LogP) is -0.238. The Hall–Kier alpha value is -2.82. The first-order chi connectivity index (χ1) is 14.8. The number of rotatable bonds is 6. The van der Waals surface area contributed by atoms with Crippen molar-refractivity contribution in [1.29, 1.82) is 0 Å². The van der Waals surface area contributed by atoms with E-state index in [1.54, 1.807) is 0 Å². The first-order valence-electron chi connectivity index (χ1n) is 8.80. The van der Waals surface area contributed by atoms with E-state index in [4.69, 9.17) is 5.73 Å². The second-order valence-electron chi connectivity index (χ2n) is 6.59. The average molecular weight is 485 g/mol. The first kappa shape index (κ1) is 21.4. The number of nitrogens with zero attached hydrogens (tertiary/aromatic N) is 4. The number of hydrogen-bond acceptors (Lipinski definition) is 13. The highest BCUT2D eigenvalue weighted by Gasteiger charge is 2.54. The van der Waals surface area contributed by atoms with E-state index < -0.39 is 35.6 Å². The van der Waals surface area contributed by atoms with Gasteiger partial charge in [0.1, 0.15) is 11.7 Å². The number of carboxylic acids is 1. The Morgan fingerprint density at radius 2 is 2.23 bits per heavy atom. The van der Waals surface area contributed by atoms with Crippen LogP contribution in [0.3, 0.4) is 0 Å². The van der Waals surface area contributed by atoms with Crippen molar-refractivity contribution >= 4 is 63.9 Å². The van der Waals surface area contributed by atoms with Crippen molar-refractivity contribution in [3.63, 3.8) is 0 Å². The highest BCUT2D eigenvalue weighted by Crippen LogP contribution is 2.46. The van der Waals surface area contributed by atoms with Crippen LogP contribution in [-0.4, -0.2) is 60.2 Å². The van der Waals surface area contributed by atoms with Crippen LogP contribution in [-0.2, 0) is 14.4 Å². The van der Waals surface area contributed by atoms with Gasteiger partial charge in [-0.05, 0) is 31.7 Å². The summed E-state index contributed by atoms with van der Waals surface area (Å²) in [5, 5.41) is 24.4. The molecule has 0 saturated carbocycles. The molecule has 0 aliphatic carbocycles. The fourth-order valence-corrected chi connectivity index (χ4v) is 5.80. The molecule has 16 heteroatoms. The number of fused-ring (bicyclic) bond motifs is 1. The Bertz CT molecular complexity index is 1070. The molecule has 13 nitrogen and oxygen atoms in total. The number of allylic oxidation sites excluding steroid dienone is 2. The Kier molecular flexibility index (Phi) is 5.78. The number of nitrogens with one attached hydrogen (secondary N) is 3. The molecule has 0 aromatic carbocycles. The number of aliphatic carboxylic acids is 1. The van der Waals surface area contributed by atoms with Crippen LogP contribution in [0.1, 0.15) is 25.6 Å². The zero-order valence-electron chi connectivity index (χ0n) is 15.8. The molecule has 4 rings (SSSR count). The van der Waals surface area contributed by atoms with Gasteiger partial charge >= 0.3 is 5.97 Å². The van der Waals surface area contributed by atoms with Gasteiger partial charge in [0.2, 0.25) is 11.5 Å². The summed E-state index contributed by atoms with van der Waals surface area (Å²) in [6, 6.07) is -1.48. The lowest BCUT2D eigenvalue weighted by Crippen LogP contribution is -2.72. The maximum absolute atomic E-state index is 12.8. The summed E-state index contributed by atoms with van der Waals surface area (Å²) in [5.74, 6) is -2.80. The SMILES string of the molecule is CC1=C(SC2=C(C(=O)O)N3C(=O)C(NC(=O)/C(=N\O)c4nsc(N)n4)[C@H]3CC2)SNN1. The van der Waals surface area contributed by atoms with Crippen LogP contribution in [0.5, 0.6) is 0 Å². The zero-order valence-corrected chi connectivity index (χ0v) is 18.2. The van der Waals surface area contributed by atoms with E-state index in [0.717, 1.165) is 21.5 Å². The lowest BCUT2D eigenvalue weighted by atomic mass is 9.86. The molecular weight excluding hydrogens is 468 g/mol. The van der Waals surface area contributed by atoms with E-state index in [1.807, 2.05) is 6.92 Å². The van der Waals surface area contributed by atoms with Crippen molar-refractivity contribution < 1.29 is 24.7 Å². The van der Waals surface area contributed by atoms with Gasteiger partial charge in [-0.15, -0.1) is 0 Å². The van der Waals surface area contributed by atoms with Crippen LogP contribution in [0.2, 0.25) is 0 Å². The molecule has 7 N–H and O–H groups in total. The van der Waals surface area contributed by atoms with E-state index >= 15 is 0 Å². The number of carboxylic acid groups (broad SMARTS) is 1. The number of nitrogens with two attached hydrogens (primary N) is 1. The van der Waals surface area contributed by atoms with E-state index in [9.17, 15) is 24.7 Å². The molecule has 1 unspecified atom stereocenters. The molecule has 0 spiro atoms. The number of amides is 2. The van der Waals surface area contributed by atoms with Gasteiger partial charge in [-0.25, -0.2) is 4.79 Å². The van der Waals surface area contributed by atoms with Gasteiger partial charge in [0.25, 0.3) is 11.8 Å². The van der Waals surface area contributed by atoms with Gasteiger partial charge in [-0.1, -0.05) is 16.9 Å². The molecule has 1 saturated heterocycles. The van der Waals surface area contributed by atoms with E-state index in [1.165, 1.54) is 28.6 Å². The maximum atomic E-state index is 12.8. The minimum absolute atomic E-state index is 0.0829. The average Bonchev–Trinajstić information content (AvgIpc) is 3.34. The summed E-state index contributed by atoms with van der Waals surface area (Å²) in [6.45, 7) is 1.85. The molecule has 2 amide bonds. The molecule has 1 aromatic heterocycles. The number of hydrogen-bond donors (Lipinski definition) is 6. The molecule has 1 fully saturated rings. The van der Waals surface area contributed by atoms with Gasteiger partial charge in [0.15, 0.2) is 5.13 Å². The molecule has 4 heterocycles. The maximum Gasteiger partial charge on any atom is 0.353 e. The number of thioether (sulfide) groups is 1. The standard InChI is InChI=1S/C15H16N8O5S3/c1-4-14(30-22-19-4)29-6-3-2-5-7(12(25)23(5)9(6)13(26)27)17-11(24)8(20-28)10-18-15(16)31-21-10/h5,7,19,22,28H,2-3H2,1H3,(H,17,24)(H,26,27)(H2,16,18,21)/b20-8-/t5-,7?/m1/s1. The largest absolute Gasteiger partial charge is 0.477 e. The Labute approximate surface area is 187 Å². The number of carbonyl (C=O) groups excluding carboxylic acids is 2. The van der Waals surface area contributed by atoms with Crippen molar-refractivity contribution in [2.24, 2.45) is 5.16 Å². The number of β-lactam (4-membered cyclic amide) rings is 1. The van der Waals surface area contributed by atoms with Crippen molar-refractivity contribution in [2.45, 2.75) is 31.8 Å². The van der Waals surface area contributed by atoms with Crippen LogP contribution in [0.25, 0.3) is 0 Å². The Morgan fingerprint density at radius 3 is 2.81 bits per heavy atom. The fourth-order valence-electron chi connectivity index (χ4n) is 3.35. The van der Waals surface area contributed by atoms with Crippen LogP contribution < -0.4 is 21.3 Å². The number of carbonyl (C=O) groups is 3. The third-order valence-corrected chi connectivity index (χ3v) is 7.63. The highest BCUT2D eigenvalue weighted by atomic mass is 32.2. The van der Waals surface area contributed by atoms with Crippen LogP contribution in [0, 0.1) is 0 Å². The molecular formula is C15H16N8O5S3. The summed E-state index contributed by atoms with van der Waals surface area (Å²) >= 11 is 3.44. The second-order valence-corrected chi connectivity index (χ2v) is 9.55. The third-order valence-electron chi connectivity index (χ3n) is 4.75. The minimum atomic E-state index is -1.22. The summed E-state index contributed by atoms with van der Waals surface area (Å²) in [7, 11) is 0. The minimum Gasteiger partial charge on any atom is -0.477 e. The first-order valence-corrected chi connectivity index (χ1v) is 11.2. The van der Waals surface area contributed by atoms with E-state index in [2.05, 4.69) is 30.1 Å². The third kappa shape index (κ3) is 3.82. The molecule has 3 aliphatic rings. The molecule has 164 valence electrons. The number of nitrogen functional groups attached to an aromatic ring is 1. The fraction of sp³-hybridized carbons (Fsp3) is 0.333. The Balaban J connectivity index is 1.52. The predicted molar refractivity (Wildman–Crippen MR) is 113 cm³/mol. The van der Waals surface area contributed by atoms with Crippen molar-refractivity contribution in [3.05, 3.63) is 26.4 Å². The summed E-state index contributed by atoms with van der Waals surface area (Å²) in [5.41, 5.74) is 8.70. The number of oxime groups is 1. The van der Waals surface area contributed by atoms with Crippen LogP contribution in [0.15, 0.2) is 25.7 Å². The summed E-state index contributed by atoms with van der Waals surface area (Å²) in [6.07, 6.45) is 0.886. The van der Waals surface area contributed by atoms with Gasteiger partial charge in [-0.2, -0.15) is 14.2 Å². The molecule has 0 radical (unpaired) electrons. The Morgan fingerprint density at radius 1 is 1.45 bits per heavy atom. The number of aromatic nitrogens is 2. The number of hydrazine groups is 1. The highest BCUT2D eigenvalue weighted by molar-refractivity contribution is 8.23. The topological polar surface area (TPSA) is 195 Å². The summed E-state index contributed by atoms with van der Waals surface area (Å²) in [4.78, 5) is 45.6. The van der Waals surface area contributed by atoms with Crippen molar-refractivity contribution in [1.82, 2.24) is 29.8 Å². The smallest absolute Gasteiger partial charge is 0.353 e. The van der Waals surface area contributed by atoms with E-state index in [0.29, 0.717) is 17.7 Å².